The molecule has 1 heterocycles. The molecule has 2 rings (SSSR count). The lowest BCUT2D eigenvalue weighted by Crippen LogP contribution is -2.03. The Labute approximate surface area is 113 Å². The van der Waals surface area contributed by atoms with Crippen molar-refractivity contribution in [3.63, 3.8) is 0 Å². The van der Waals surface area contributed by atoms with Crippen molar-refractivity contribution in [2.75, 3.05) is 0 Å². The maximum Gasteiger partial charge on any atom is 0.207 e. The van der Waals surface area contributed by atoms with Gasteiger partial charge in [-0.2, -0.15) is 0 Å². The number of carbonyl (C=O) groups is 1. The molecule has 82 valence electrons. The third-order valence-corrected chi connectivity index (χ3v) is 4.47. The molecular formula is C11H5Br2FOS. The Balaban J connectivity index is 2.50. The molecule has 1 nitrogen and oxygen atoms in total. The van der Waals surface area contributed by atoms with Crippen molar-refractivity contribution in [1.29, 1.82) is 0 Å². The minimum Gasteiger partial charge on any atom is -0.288 e. The minimum absolute atomic E-state index is 0.0810. The lowest BCUT2D eigenvalue weighted by molar-refractivity contribution is 0.103. The fourth-order valence-corrected chi connectivity index (χ4v) is 3.13. The molecule has 1 aromatic heterocycles. The Morgan fingerprint density at radius 2 is 1.94 bits per heavy atom. The molecule has 2 aromatic rings. The van der Waals surface area contributed by atoms with E-state index < -0.39 is 5.82 Å². The quantitative estimate of drug-likeness (QED) is 0.710. The van der Waals surface area contributed by atoms with Crippen molar-refractivity contribution in [2.24, 2.45) is 0 Å². The predicted molar refractivity (Wildman–Crippen MR) is 69.6 cm³/mol. The van der Waals surface area contributed by atoms with Crippen LogP contribution in [0.15, 0.2) is 38.6 Å². The first kappa shape index (κ1) is 12.0. The summed E-state index contributed by atoms with van der Waals surface area (Å²) in [5.41, 5.74) is 0.0810. The molecule has 0 saturated heterocycles. The average molecular weight is 364 g/mol. The van der Waals surface area contributed by atoms with E-state index in [0.29, 0.717) is 13.8 Å². The van der Waals surface area contributed by atoms with Crippen LogP contribution >= 0.6 is 43.2 Å². The standard InChI is InChI=1S/C11H5Br2FOS/c12-7-3-1-2-6(9(7)14)10(15)11-8(13)4-5-16-11/h1-5H. The molecule has 0 aliphatic rings. The number of halogens is 3. The van der Waals surface area contributed by atoms with Gasteiger partial charge < -0.3 is 0 Å². The van der Waals surface area contributed by atoms with E-state index in [1.165, 1.54) is 17.4 Å². The molecule has 16 heavy (non-hydrogen) atoms. The van der Waals surface area contributed by atoms with Gasteiger partial charge in [-0.15, -0.1) is 11.3 Å². The molecule has 0 radical (unpaired) electrons. The fourth-order valence-electron chi connectivity index (χ4n) is 1.26. The zero-order chi connectivity index (χ0) is 11.7. The molecule has 0 bridgehead atoms. The summed E-state index contributed by atoms with van der Waals surface area (Å²) in [5, 5.41) is 1.78. The van der Waals surface area contributed by atoms with E-state index in [1.54, 1.807) is 23.6 Å². The first-order valence-electron chi connectivity index (χ1n) is 4.33. The second-order valence-corrected chi connectivity index (χ2v) is 5.65. The van der Waals surface area contributed by atoms with Crippen molar-refractivity contribution in [1.82, 2.24) is 0 Å². The zero-order valence-electron chi connectivity index (χ0n) is 7.84. The number of hydrogen-bond donors (Lipinski definition) is 0. The topological polar surface area (TPSA) is 17.1 Å². The number of rotatable bonds is 2. The molecule has 0 spiro atoms. The van der Waals surface area contributed by atoms with Crippen LogP contribution in [-0.2, 0) is 0 Å². The lowest BCUT2D eigenvalue weighted by Gasteiger charge is -2.02. The molecule has 0 atom stereocenters. The molecule has 0 N–H and O–H groups in total. The van der Waals surface area contributed by atoms with E-state index in [2.05, 4.69) is 31.9 Å². The van der Waals surface area contributed by atoms with Crippen molar-refractivity contribution in [3.05, 3.63) is 54.8 Å². The van der Waals surface area contributed by atoms with Crippen LogP contribution in [0.25, 0.3) is 0 Å². The molecule has 0 unspecified atom stereocenters. The number of ketones is 1. The summed E-state index contributed by atoms with van der Waals surface area (Å²) < 4.78 is 14.7. The van der Waals surface area contributed by atoms with E-state index in [-0.39, 0.29) is 11.3 Å². The second kappa shape index (κ2) is 4.77. The summed E-state index contributed by atoms with van der Waals surface area (Å²) in [6, 6.07) is 6.46. The summed E-state index contributed by atoms with van der Waals surface area (Å²) in [6.07, 6.45) is 0. The van der Waals surface area contributed by atoms with Crippen molar-refractivity contribution in [3.8, 4) is 0 Å². The van der Waals surface area contributed by atoms with Crippen LogP contribution < -0.4 is 0 Å². The van der Waals surface area contributed by atoms with Crippen LogP contribution in [0, 0.1) is 5.82 Å². The lowest BCUT2D eigenvalue weighted by atomic mass is 10.1. The van der Waals surface area contributed by atoms with Gasteiger partial charge in [0.05, 0.1) is 14.9 Å². The third-order valence-electron chi connectivity index (χ3n) is 2.02. The van der Waals surface area contributed by atoms with Crippen LogP contribution in [0.5, 0.6) is 0 Å². The summed E-state index contributed by atoms with van der Waals surface area (Å²) >= 11 is 7.61. The highest BCUT2D eigenvalue weighted by Crippen LogP contribution is 2.28. The smallest absolute Gasteiger partial charge is 0.207 e. The zero-order valence-corrected chi connectivity index (χ0v) is 11.8. The third kappa shape index (κ3) is 2.12. The molecule has 0 aliphatic heterocycles. The molecule has 1 aromatic carbocycles. The number of benzene rings is 1. The van der Waals surface area contributed by atoms with Gasteiger partial charge in [-0.3, -0.25) is 4.79 Å². The van der Waals surface area contributed by atoms with E-state index in [4.69, 9.17) is 0 Å². The first-order valence-corrected chi connectivity index (χ1v) is 6.79. The molecule has 0 saturated carbocycles. The molecular weight excluding hydrogens is 359 g/mol. The average Bonchev–Trinajstić information content (AvgIpc) is 2.68. The van der Waals surface area contributed by atoms with Gasteiger partial charge in [0.25, 0.3) is 0 Å². The summed E-state index contributed by atoms with van der Waals surface area (Å²) in [5.74, 6) is -0.825. The molecule has 0 aliphatic carbocycles. The van der Waals surface area contributed by atoms with E-state index in [9.17, 15) is 9.18 Å². The van der Waals surface area contributed by atoms with Crippen LogP contribution in [0.1, 0.15) is 15.2 Å². The second-order valence-electron chi connectivity index (χ2n) is 3.03. The minimum atomic E-state index is -0.521. The van der Waals surface area contributed by atoms with Crippen LogP contribution in [0.4, 0.5) is 4.39 Å². The summed E-state index contributed by atoms with van der Waals surface area (Å²) in [6.45, 7) is 0. The van der Waals surface area contributed by atoms with Gasteiger partial charge in [0.1, 0.15) is 5.82 Å². The highest BCUT2D eigenvalue weighted by Gasteiger charge is 2.18. The maximum atomic E-state index is 13.7. The molecule has 0 fully saturated rings. The number of carbonyl (C=O) groups excluding carboxylic acids is 1. The molecule has 0 amide bonds. The van der Waals surface area contributed by atoms with Crippen LogP contribution in [-0.4, -0.2) is 5.78 Å². The van der Waals surface area contributed by atoms with Crippen LogP contribution in [0.3, 0.4) is 0 Å². The summed E-state index contributed by atoms with van der Waals surface area (Å²) in [4.78, 5) is 12.5. The highest BCUT2D eigenvalue weighted by atomic mass is 79.9. The SMILES string of the molecule is O=C(c1cccc(Br)c1F)c1sccc1Br. The maximum absolute atomic E-state index is 13.7. The van der Waals surface area contributed by atoms with Crippen molar-refractivity contribution >= 4 is 49.0 Å². The Hall–Kier alpha value is -0.520. The van der Waals surface area contributed by atoms with E-state index >= 15 is 0 Å². The Morgan fingerprint density at radius 3 is 2.56 bits per heavy atom. The van der Waals surface area contributed by atoms with Gasteiger partial charge in [0.15, 0.2) is 0 Å². The Kier molecular flexibility index (Phi) is 3.56. The van der Waals surface area contributed by atoms with E-state index in [1.807, 2.05) is 0 Å². The van der Waals surface area contributed by atoms with Gasteiger partial charge in [-0.25, -0.2) is 4.39 Å². The van der Waals surface area contributed by atoms with Gasteiger partial charge in [0, 0.05) is 4.47 Å². The van der Waals surface area contributed by atoms with E-state index in [0.717, 1.165) is 0 Å². The summed E-state index contributed by atoms with van der Waals surface area (Å²) in [7, 11) is 0. The van der Waals surface area contributed by atoms with Gasteiger partial charge >= 0.3 is 0 Å². The van der Waals surface area contributed by atoms with Crippen LogP contribution in [0.2, 0.25) is 0 Å². The normalized spacial score (nSPS) is 10.4. The van der Waals surface area contributed by atoms with Crippen molar-refractivity contribution in [2.45, 2.75) is 0 Å². The van der Waals surface area contributed by atoms with Gasteiger partial charge in [0.2, 0.25) is 5.78 Å². The Bertz CT molecular complexity index is 551. The number of hydrogen-bond acceptors (Lipinski definition) is 2. The largest absolute Gasteiger partial charge is 0.288 e. The monoisotopic (exact) mass is 362 g/mol. The van der Waals surface area contributed by atoms with Gasteiger partial charge in [-0.05, 0) is 55.4 Å². The number of thiophene rings is 1. The molecule has 5 heteroatoms. The van der Waals surface area contributed by atoms with Crippen molar-refractivity contribution < 1.29 is 9.18 Å². The highest BCUT2D eigenvalue weighted by molar-refractivity contribution is 9.10. The fraction of sp³-hybridized carbons (Fsp3) is 0. The first-order chi connectivity index (χ1) is 7.61. The van der Waals surface area contributed by atoms with Gasteiger partial charge in [-0.1, -0.05) is 6.07 Å². The predicted octanol–water partition coefficient (Wildman–Crippen LogP) is 4.64. The Morgan fingerprint density at radius 1 is 1.19 bits per heavy atom.